The molecule has 1 aromatic rings. The molecule has 4 atom stereocenters. The fraction of sp³-hybridized carbons (Fsp3) is 0.478. The summed E-state index contributed by atoms with van der Waals surface area (Å²) < 4.78 is 0. The average molecular weight is 386 g/mol. The van der Waals surface area contributed by atoms with Gasteiger partial charge < -0.3 is 15.3 Å². The number of aliphatic carboxylic acids is 1. The predicted molar refractivity (Wildman–Crippen MR) is 108 cm³/mol. The SMILES string of the molecule is O=C(O)CCC/C=C/C[C@H]1C(=O)C[C@@H](O)[C@@H]1C=C[C@@H](O)CCc1ccccc1. The number of aliphatic hydroxyl groups excluding tert-OH is 2. The highest BCUT2D eigenvalue weighted by Gasteiger charge is 2.39. The number of unbranched alkanes of at least 4 members (excludes halogenated alkanes) is 1. The van der Waals surface area contributed by atoms with Gasteiger partial charge >= 0.3 is 5.97 Å². The third-order valence-corrected chi connectivity index (χ3v) is 5.18. The van der Waals surface area contributed by atoms with Crippen LogP contribution in [0.5, 0.6) is 0 Å². The largest absolute Gasteiger partial charge is 0.481 e. The van der Waals surface area contributed by atoms with E-state index in [4.69, 9.17) is 5.11 Å². The van der Waals surface area contributed by atoms with Crippen LogP contribution in [0.3, 0.4) is 0 Å². The Morgan fingerprint density at radius 3 is 2.68 bits per heavy atom. The number of hydrogen-bond donors (Lipinski definition) is 3. The Bertz CT molecular complexity index is 679. The van der Waals surface area contributed by atoms with Gasteiger partial charge in [0.05, 0.1) is 12.2 Å². The van der Waals surface area contributed by atoms with E-state index in [1.165, 1.54) is 0 Å². The summed E-state index contributed by atoms with van der Waals surface area (Å²) in [5, 5.41) is 29.0. The highest BCUT2D eigenvalue weighted by atomic mass is 16.4. The molecule has 1 aromatic carbocycles. The fourth-order valence-electron chi connectivity index (χ4n) is 3.57. The van der Waals surface area contributed by atoms with E-state index in [0.29, 0.717) is 25.7 Å². The number of allylic oxidation sites excluding steroid dienone is 2. The number of carboxylic acids is 1. The van der Waals surface area contributed by atoms with Crippen molar-refractivity contribution in [1.82, 2.24) is 0 Å². The van der Waals surface area contributed by atoms with Crippen molar-refractivity contribution in [2.24, 2.45) is 11.8 Å². The zero-order chi connectivity index (χ0) is 20.4. The topological polar surface area (TPSA) is 94.8 Å². The molecule has 28 heavy (non-hydrogen) atoms. The van der Waals surface area contributed by atoms with E-state index in [1.807, 2.05) is 42.5 Å². The van der Waals surface area contributed by atoms with Crippen molar-refractivity contribution in [3.8, 4) is 0 Å². The van der Waals surface area contributed by atoms with Crippen LogP contribution in [-0.4, -0.2) is 39.3 Å². The molecule has 0 saturated heterocycles. The van der Waals surface area contributed by atoms with Crippen molar-refractivity contribution in [3.05, 3.63) is 60.2 Å². The lowest BCUT2D eigenvalue weighted by Gasteiger charge is -2.16. The Balaban J connectivity index is 1.82. The van der Waals surface area contributed by atoms with Gasteiger partial charge in [-0.15, -0.1) is 0 Å². The Morgan fingerprint density at radius 2 is 1.96 bits per heavy atom. The normalized spacial score (nSPS) is 23.6. The zero-order valence-corrected chi connectivity index (χ0v) is 16.1. The molecule has 152 valence electrons. The lowest BCUT2D eigenvalue weighted by molar-refractivity contribution is -0.137. The van der Waals surface area contributed by atoms with Gasteiger partial charge in [-0.05, 0) is 37.7 Å². The number of aryl methyl sites for hydroxylation is 1. The lowest BCUT2D eigenvalue weighted by atomic mass is 9.90. The lowest BCUT2D eigenvalue weighted by Crippen LogP contribution is -2.19. The first-order chi connectivity index (χ1) is 13.5. The van der Waals surface area contributed by atoms with Crippen molar-refractivity contribution in [3.63, 3.8) is 0 Å². The van der Waals surface area contributed by atoms with E-state index in [2.05, 4.69) is 0 Å². The summed E-state index contributed by atoms with van der Waals surface area (Å²) in [6, 6.07) is 9.94. The molecule has 0 spiro atoms. The molecular weight excluding hydrogens is 356 g/mol. The minimum absolute atomic E-state index is 0.0381. The third kappa shape index (κ3) is 7.41. The van der Waals surface area contributed by atoms with Crippen LogP contribution in [0.2, 0.25) is 0 Å². The second kappa shape index (κ2) is 11.6. The highest BCUT2D eigenvalue weighted by Crippen LogP contribution is 2.33. The second-order valence-electron chi connectivity index (χ2n) is 7.39. The Kier molecular flexibility index (Phi) is 9.11. The van der Waals surface area contributed by atoms with Gasteiger partial charge in [-0.25, -0.2) is 0 Å². The summed E-state index contributed by atoms with van der Waals surface area (Å²) in [7, 11) is 0. The monoisotopic (exact) mass is 386 g/mol. The van der Waals surface area contributed by atoms with Gasteiger partial charge in [0.1, 0.15) is 5.78 Å². The Morgan fingerprint density at radius 1 is 1.21 bits per heavy atom. The molecule has 5 nitrogen and oxygen atoms in total. The van der Waals surface area contributed by atoms with Crippen molar-refractivity contribution in [2.45, 2.75) is 57.2 Å². The number of carbonyl (C=O) groups excluding carboxylic acids is 1. The molecule has 0 aliphatic heterocycles. The van der Waals surface area contributed by atoms with Crippen LogP contribution in [0.1, 0.15) is 44.1 Å². The summed E-state index contributed by atoms with van der Waals surface area (Å²) in [6.45, 7) is 0. The molecule has 1 fully saturated rings. The first-order valence-corrected chi connectivity index (χ1v) is 9.95. The molecule has 0 amide bonds. The molecule has 1 aliphatic rings. The van der Waals surface area contributed by atoms with Crippen LogP contribution in [0.4, 0.5) is 0 Å². The smallest absolute Gasteiger partial charge is 0.303 e. The van der Waals surface area contributed by atoms with Gasteiger partial charge in [-0.1, -0.05) is 54.6 Å². The van der Waals surface area contributed by atoms with Gasteiger partial charge in [0, 0.05) is 24.7 Å². The number of Topliss-reactive ketones (excluding diaryl/α,β-unsaturated/α-hetero) is 1. The molecule has 0 bridgehead atoms. The summed E-state index contributed by atoms with van der Waals surface area (Å²) in [5.41, 5.74) is 1.16. The summed E-state index contributed by atoms with van der Waals surface area (Å²) in [5.74, 6) is -1.35. The molecule has 0 heterocycles. The number of rotatable bonds is 11. The first-order valence-electron chi connectivity index (χ1n) is 9.95. The average Bonchev–Trinajstić information content (AvgIpc) is 2.94. The van der Waals surface area contributed by atoms with E-state index in [1.54, 1.807) is 12.2 Å². The van der Waals surface area contributed by atoms with Crippen LogP contribution in [0.25, 0.3) is 0 Å². The summed E-state index contributed by atoms with van der Waals surface area (Å²) >= 11 is 0. The standard InChI is InChI=1S/C23H30O5/c24-18(13-12-17-8-4-3-5-9-17)14-15-20-19(21(25)16-22(20)26)10-6-1-2-7-11-23(27)28/h1,3-6,8-9,14-15,18-20,22,24,26H,2,7,10-13,16H2,(H,27,28)/b6-1+,15-14?/t18-,19+,20+,22+/m0/s1. The van der Waals surface area contributed by atoms with Gasteiger partial charge in [-0.2, -0.15) is 0 Å². The second-order valence-corrected chi connectivity index (χ2v) is 7.39. The molecule has 0 unspecified atom stereocenters. The number of benzene rings is 1. The number of carbonyl (C=O) groups is 2. The maximum absolute atomic E-state index is 12.2. The first kappa shape index (κ1) is 22.1. The number of aliphatic hydroxyl groups is 2. The van der Waals surface area contributed by atoms with Crippen LogP contribution >= 0.6 is 0 Å². The molecule has 3 N–H and O–H groups in total. The van der Waals surface area contributed by atoms with Crippen molar-refractivity contribution in [2.75, 3.05) is 0 Å². The minimum Gasteiger partial charge on any atom is -0.481 e. The van der Waals surface area contributed by atoms with Crippen molar-refractivity contribution in [1.29, 1.82) is 0 Å². The van der Waals surface area contributed by atoms with Gasteiger partial charge in [0.25, 0.3) is 0 Å². The molecule has 0 radical (unpaired) electrons. The molecule has 5 heteroatoms. The molecule has 1 saturated carbocycles. The summed E-state index contributed by atoms with van der Waals surface area (Å²) in [4.78, 5) is 22.7. The number of ketones is 1. The molecule has 1 aliphatic carbocycles. The number of hydrogen-bond acceptors (Lipinski definition) is 4. The Hall–Kier alpha value is -2.24. The predicted octanol–water partition coefficient (Wildman–Crippen LogP) is 3.30. The van der Waals surface area contributed by atoms with Crippen LogP contribution in [0.15, 0.2) is 54.6 Å². The van der Waals surface area contributed by atoms with Gasteiger partial charge in [-0.3, -0.25) is 9.59 Å². The number of carboxylic acid groups (broad SMARTS) is 1. The van der Waals surface area contributed by atoms with E-state index in [0.717, 1.165) is 12.0 Å². The summed E-state index contributed by atoms with van der Waals surface area (Å²) in [6.07, 6.45) is 9.34. The highest BCUT2D eigenvalue weighted by molar-refractivity contribution is 5.84. The Labute approximate surface area is 166 Å². The maximum Gasteiger partial charge on any atom is 0.303 e. The van der Waals surface area contributed by atoms with E-state index in [9.17, 15) is 19.8 Å². The van der Waals surface area contributed by atoms with E-state index < -0.39 is 18.2 Å². The van der Waals surface area contributed by atoms with Crippen LogP contribution in [-0.2, 0) is 16.0 Å². The van der Waals surface area contributed by atoms with Crippen molar-refractivity contribution < 1.29 is 24.9 Å². The van der Waals surface area contributed by atoms with Crippen LogP contribution in [0, 0.1) is 11.8 Å². The van der Waals surface area contributed by atoms with Gasteiger partial charge in [0.15, 0.2) is 0 Å². The quantitative estimate of drug-likeness (QED) is 0.401. The molecule has 0 aromatic heterocycles. The van der Waals surface area contributed by atoms with Crippen LogP contribution < -0.4 is 0 Å². The van der Waals surface area contributed by atoms with Crippen molar-refractivity contribution >= 4 is 11.8 Å². The maximum atomic E-state index is 12.2. The zero-order valence-electron chi connectivity index (χ0n) is 16.1. The van der Waals surface area contributed by atoms with E-state index in [-0.39, 0.29) is 30.5 Å². The fourth-order valence-corrected chi connectivity index (χ4v) is 3.57. The molecular formula is C23H30O5. The minimum atomic E-state index is -0.807. The molecule has 2 rings (SSSR count). The van der Waals surface area contributed by atoms with Gasteiger partial charge in [0.2, 0.25) is 0 Å². The third-order valence-electron chi connectivity index (χ3n) is 5.18. The van der Waals surface area contributed by atoms with E-state index >= 15 is 0 Å².